The van der Waals surface area contributed by atoms with Crippen LogP contribution in [0.2, 0.25) is 0 Å². The molecule has 1 N–H and O–H groups in total. The van der Waals surface area contributed by atoms with Crippen molar-refractivity contribution in [3.8, 4) is 0 Å². The number of fused-ring (bicyclic) bond motifs is 1. The van der Waals surface area contributed by atoms with E-state index in [1.165, 1.54) is 0 Å². The molecule has 6 nitrogen and oxygen atoms in total. The Morgan fingerprint density at radius 2 is 1.68 bits per heavy atom. The lowest BCUT2D eigenvalue weighted by molar-refractivity contribution is -0.141. The summed E-state index contributed by atoms with van der Waals surface area (Å²) in [6, 6.07) is 14.5. The number of hydrogen-bond donors (Lipinski definition) is 1. The van der Waals surface area contributed by atoms with Gasteiger partial charge in [-0.25, -0.2) is 4.79 Å². The molecule has 3 atom stereocenters. The molecule has 0 aromatic heterocycles. The number of carbonyl (C=O) groups excluding carboxylic acids is 2. The normalized spacial score (nSPS) is 25.9. The Bertz CT molecular complexity index is 1030. The number of ether oxygens (including phenoxy) is 1. The molecule has 184 valence electrons. The molecule has 3 unspecified atom stereocenters. The maximum absolute atomic E-state index is 13.3. The van der Waals surface area contributed by atoms with Gasteiger partial charge in [-0.15, -0.1) is 0 Å². The molecule has 1 aliphatic heterocycles. The summed E-state index contributed by atoms with van der Waals surface area (Å²) in [7, 11) is 0. The standard InChI is InChI=1S/C28H38N2O4/c1-20-12-13-28(33,24(18-20)23-11-7-9-21-8-5-6-10-22(21)23)19-25(31)29-14-16-30(17-15-29)26(32)34-27(2,3)4/h5-11,20,24,33H,12-19H2,1-4H3. The summed E-state index contributed by atoms with van der Waals surface area (Å²) in [6.07, 6.45) is 2.17. The number of carbonyl (C=O) groups is 2. The molecule has 2 fully saturated rings. The first kappa shape index (κ1) is 24.5. The van der Waals surface area contributed by atoms with Gasteiger partial charge in [0.1, 0.15) is 5.60 Å². The second-order valence-electron chi connectivity index (χ2n) is 11.1. The van der Waals surface area contributed by atoms with Crippen LogP contribution in [0, 0.1) is 5.92 Å². The average Bonchev–Trinajstić information content (AvgIpc) is 2.79. The molecule has 2 aromatic rings. The van der Waals surface area contributed by atoms with Crippen LogP contribution in [-0.4, -0.2) is 64.3 Å². The highest BCUT2D eigenvalue weighted by molar-refractivity contribution is 5.86. The van der Waals surface area contributed by atoms with E-state index in [0.717, 1.165) is 29.2 Å². The number of hydrogen-bond acceptors (Lipinski definition) is 4. The van der Waals surface area contributed by atoms with E-state index in [-0.39, 0.29) is 24.3 Å². The van der Waals surface area contributed by atoms with Crippen molar-refractivity contribution < 1.29 is 19.4 Å². The Kier molecular flexibility index (Phi) is 6.90. The predicted molar refractivity (Wildman–Crippen MR) is 134 cm³/mol. The molecule has 0 radical (unpaired) electrons. The topological polar surface area (TPSA) is 70.1 Å². The van der Waals surface area contributed by atoms with Gasteiger partial charge in [-0.3, -0.25) is 4.79 Å². The summed E-state index contributed by atoms with van der Waals surface area (Å²) < 4.78 is 5.46. The van der Waals surface area contributed by atoms with Crippen LogP contribution in [0.25, 0.3) is 10.8 Å². The molecule has 1 saturated carbocycles. The molecular formula is C28H38N2O4. The fraction of sp³-hybridized carbons (Fsp3) is 0.571. The minimum absolute atomic E-state index is 0.0360. The van der Waals surface area contributed by atoms with Crippen LogP contribution >= 0.6 is 0 Å². The second-order valence-corrected chi connectivity index (χ2v) is 11.1. The van der Waals surface area contributed by atoms with Crippen molar-refractivity contribution in [1.82, 2.24) is 9.80 Å². The van der Waals surface area contributed by atoms with Crippen LogP contribution in [-0.2, 0) is 9.53 Å². The van der Waals surface area contributed by atoms with Crippen LogP contribution in [0.15, 0.2) is 42.5 Å². The van der Waals surface area contributed by atoms with Gasteiger partial charge in [0.05, 0.1) is 12.0 Å². The zero-order chi connectivity index (χ0) is 24.5. The van der Waals surface area contributed by atoms with Gasteiger partial charge in [0.15, 0.2) is 0 Å². The van der Waals surface area contributed by atoms with Gasteiger partial charge in [-0.2, -0.15) is 0 Å². The van der Waals surface area contributed by atoms with E-state index in [4.69, 9.17) is 4.74 Å². The van der Waals surface area contributed by atoms with Crippen LogP contribution in [0.5, 0.6) is 0 Å². The van der Waals surface area contributed by atoms with E-state index in [9.17, 15) is 14.7 Å². The summed E-state index contributed by atoms with van der Waals surface area (Å²) in [5.74, 6) is 0.372. The quantitative estimate of drug-likeness (QED) is 0.695. The Balaban J connectivity index is 1.47. The van der Waals surface area contributed by atoms with Crippen molar-refractivity contribution in [2.24, 2.45) is 5.92 Å². The minimum Gasteiger partial charge on any atom is -0.444 e. The van der Waals surface area contributed by atoms with Gasteiger partial charge in [-0.05, 0) is 62.3 Å². The zero-order valence-corrected chi connectivity index (χ0v) is 20.9. The Hall–Kier alpha value is -2.60. The van der Waals surface area contributed by atoms with Crippen LogP contribution in [0.3, 0.4) is 0 Å². The van der Waals surface area contributed by atoms with Crippen molar-refractivity contribution in [2.45, 2.75) is 70.5 Å². The molecule has 2 aromatic carbocycles. The van der Waals surface area contributed by atoms with E-state index in [2.05, 4.69) is 37.3 Å². The molecular weight excluding hydrogens is 428 g/mol. The van der Waals surface area contributed by atoms with E-state index < -0.39 is 11.2 Å². The predicted octanol–water partition coefficient (Wildman–Crippen LogP) is 4.94. The third-order valence-electron chi connectivity index (χ3n) is 7.30. The summed E-state index contributed by atoms with van der Waals surface area (Å²) in [5.41, 5.74) is -0.479. The molecule has 1 saturated heterocycles. The van der Waals surface area contributed by atoms with Gasteiger partial charge >= 0.3 is 6.09 Å². The van der Waals surface area contributed by atoms with Crippen LogP contribution < -0.4 is 0 Å². The molecule has 6 heteroatoms. The lowest BCUT2D eigenvalue weighted by Gasteiger charge is -2.44. The molecule has 2 aliphatic rings. The number of aliphatic hydroxyl groups is 1. The summed E-state index contributed by atoms with van der Waals surface area (Å²) >= 11 is 0. The van der Waals surface area contributed by atoms with Crippen molar-refractivity contribution >= 4 is 22.8 Å². The third kappa shape index (κ3) is 5.38. The van der Waals surface area contributed by atoms with E-state index in [0.29, 0.717) is 38.5 Å². The Labute approximate surface area is 202 Å². The van der Waals surface area contributed by atoms with Crippen molar-refractivity contribution in [3.05, 3.63) is 48.0 Å². The molecule has 2 amide bonds. The van der Waals surface area contributed by atoms with Crippen molar-refractivity contribution in [2.75, 3.05) is 26.2 Å². The highest BCUT2D eigenvalue weighted by Gasteiger charge is 2.44. The molecule has 1 aliphatic carbocycles. The summed E-state index contributed by atoms with van der Waals surface area (Å²) in [4.78, 5) is 29.1. The second kappa shape index (κ2) is 9.57. The zero-order valence-electron chi connectivity index (χ0n) is 20.9. The van der Waals surface area contributed by atoms with Gasteiger partial charge in [0, 0.05) is 32.1 Å². The van der Waals surface area contributed by atoms with Crippen molar-refractivity contribution in [3.63, 3.8) is 0 Å². The fourth-order valence-electron chi connectivity index (χ4n) is 5.43. The van der Waals surface area contributed by atoms with Gasteiger partial charge in [0.25, 0.3) is 0 Å². The van der Waals surface area contributed by atoms with Crippen LogP contribution in [0.1, 0.15) is 64.9 Å². The maximum atomic E-state index is 13.3. The number of rotatable bonds is 3. The molecule has 4 rings (SSSR count). The lowest BCUT2D eigenvalue weighted by Crippen LogP contribution is -2.53. The van der Waals surface area contributed by atoms with Crippen molar-refractivity contribution in [1.29, 1.82) is 0 Å². The third-order valence-corrected chi connectivity index (χ3v) is 7.30. The highest BCUT2D eigenvalue weighted by Crippen LogP contribution is 2.47. The Morgan fingerprint density at radius 1 is 1.03 bits per heavy atom. The molecule has 0 spiro atoms. The van der Waals surface area contributed by atoms with E-state index >= 15 is 0 Å². The van der Waals surface area contributed by atoms with Gasteiger partial charge in [0.2, 0.25) is 5.91 Å². The largest absolute Gasteiger partial charge is 0.444 e. The number of benzene rings is 2. The fourth-order valence-corrected chi connectivity index (χ4v) is 5.43. The smallest absolute Gasteiger partial charge is 0.410 e. The lowest BCUT2D eigenvalue weighted by atomic mass is 9.66. The first-order chi connectivity index (χ1) is 16.1. The Morgan fingerprint density at radius 3 is 2.38 bits per heavy atom. The van der Waals surface area contributed by atoms with Gasteiger partial charge in [-0.1, -0.05) is 49.4 Å². The summed E-state index contributed by atoms with van der Waals surface area (Å²) in [6.45, 7) is 9.60. The van der Waals surface area contributed by atoms with E-state index in [1.54, 1.807) is 9.80 Å². The highest BCUT2D eigenvalue weighted by atomic mass is 16.6. The molecule has 0 bridgehead atoms. The van der Waals surface area contributed by atoms with E-state index in [1.807, 2.05) is 32.9 Å². The monoisotopic (exact) mass is 466 g/mol. The number of nitrogens with zero attached hydrogens (tertiary/aromatic N) is 2. The van der Waals surface area contributed by atoms with Gasteiger partial charge < -0.3 is 19.6 Å². The summed E-state index contributed by atoms with van der Waals surface area (Å²) in [5, 5.41) is 14.2. The average molecular weight is 467 g/mol. The SMILES string of the molecule is CC1CCC(O)(CC(=O)N2CCN(C(=O)OC(C)(C)C)CC2)C(c2cccc3ccccc23)C1. The number of piperazine rings is 1. The first-order valence-corrected chi connectivity index (χ1v) is 12.5. The van der Waals surface area contributed by atoms with Crippen LogP contribution in [0.4, 0.5) is 4.79 Å². The minimum atomic E-state index is -1.07. The first-order valence-electron chi connectivity index (χ1n) is 12.5. The maximum Gasteiger partial charge on any atom is 0.410 e. The molecule has 1 heterocycles. The number of amides is 2. The molecule has 34 heavy (non-hydrogen) atoms.